The third-order valence-corrected chi connectivity index (χ3v) is 2.04. The van der Waals surface area contributed by atoms with E-state index in [4.69, 9.17) is 4.74 Å². The summed E-state index contributed by atoms with van der Waals surface area (Å²) in [5.74, 6) is 0.526. The first-order valence-electron chi connectivity index (χ1n) is 5.18. The predicted molar refractivity (Wildman–Crippen MR) is 59.5 cm³/mol. The molecule has 0 heterocycles. The fraction of sp³-hybridized carbons (Fsp3) is 0.364. The smallest absolute Gasteiger partial charge is 0.294 e. The third-order valence-electron chi connectivity index (χ3n) is 2.04. The number of ether oxygens (including phenoxy) is 1. The number of rotatable bonds is 8. The molecule has 6 nitrogen and oxygen atoms in total. The van der Waals surface area contributed by atoms with Gasteiger partial charge < -0.3 is 9.57 Å². The minimum atomic E-state index is -0.817. The molecule has 0 amide bonds. The van der Waals surface area contributed by atoms with Crippen molar-refractivity contribution in [2.75, 3.05) is 13.2 Å². The molecule has 1 aromatic carbocycles. The molecule has 17 heavy (non-hydrogen) atoms. The van der Waals surface area contributed by atoms with Gasteiger partial charge in [-0.15, -0.1) is 10.1 Å². The van der Waals surface area contributed by atoms with Crippen LogP contribution in [0.3, 0.4) is 0 Å². The molecule has 1 aromatic rings. The van der Waals surface area contributed by atoms with Crippen LogP contribution in [0.2, 0.25) is 0 Å². The summed E-state index contributed by atoms with van der Waals surface area (Å²) in [6.45, 7) is 0.456. The average Bonchev–Trinajstić information content (AvgIpc) is 2.33. The Morgan fingerprint density at radius 3 is 2.65 bits per heavy atom. The minimum Gasteiger partial charge on any atom is -0.493 e. The number of carbonyl (C=O) groups excluding carboxylic acids is 1. The fourth-order valence-corrected chi connectivity index (χ4v) is 1.23. The molecule has 0 atom stereocenters. The van der Waals surface area contributed by atoms with E-state index in [0.29, 0.717) is 30.8 Å². The number of nitrogens with zero attached hydrogens (tertiary/aromatic N) is 1. The summed E-state index contributed by atoms with van der Waals surface area (Å²) >= 11 is 0. The zero-order chi connectivity index (χ0) is 12.5. The molecular weight excluding hydrogens is 226 g/mol. The Kier molecular flexibility index (Phi) is 5.50. The van der Waals surface area contributed by atoms with Crippen molar-refractivity contribution < 1.29 is 19.5 Å². The standard InChI is InChI=1S/C11H13NO5/c13-9-10-5-1-2-6-11(10)16-7-3-4-8-17-12(14)15/h1-2,5-6,9H,3-4,7-8H2. The molecule has 0 aliphatic heterocycles. The Morgan fingerprint density at radius 1 is 1.24 bits per heavy atom. The molecule has 0 spiro atoms. The first-order valence-corrected chi connectivity index (χ1v) is 5.18. The normalized spacial score (nSPS) is 9.65. The Morgan fingerprint density at radius 2 is 1.94 bits per heavy atom. The van der Waals surface area contributed by atoms with Crippen LogP contribution in [-0.4, -0.2) is 24.6 Å². The van der Waals surface area contributed by atoms with E-state index < -0.39 is 5.09 Å². The van der Waals surface area contributed by atoms with Gasteiger partial charge in [0.2, 0.25) is 0 Å². The van der Waals surface area contributed by atoms with E-state index >= 15 is 0 Å². The molecule has 0 bridgehead atoms. The molecule has 0 aliphatic carbocycles. The second kappa shape index (κ2) is 7.21. The van der Waals surface area contributed by atoms with Gasteiger partial charge in [0.05, 0.1) is 18.8 Å². The number of para-hydroxylation sites is 1. The van der Waals surface area contributed by atoms with Crippen LogP contribution in [0.4, 0.5) is 0 Å². The van der Waals surface area contributed by atoms with Crippen molar-refractivity contribution in [2.45, 2.75) is 12.8 Å². The fourth-order valence-electron chi connectivity index (χ4n) is 1.23. The van der Waals surface area contributed by atoms with Crippen LogP contribution in [0, 0.1) is 10.1 Å². The van der Waals surface area contributed by atoms with Crippen molar-refractivity contribution in [3.8, 4) is 5.75 Å². The molecule has 0 fully saturated rings. The second-order valence-corrected chi connectivity index (χ2v) is 3.27. The number of unbranched alkanes of at least 4 members (excludes halogenated alkanes) is 1. The van der Waals surface area contributed by atoms with E-state index in [-0.39, 0.29) is 6.61 Å². The zero-order valence-electron chi connectivity index (χ0n) is 9.20. The first-order chi connectivity index (χ1) is 8.24. The lowest BCUT2D eigenvalue weighted by Crippen LogP contribution is -2.05. The molecule has 0 N–H and O–H groups in total. The van der Waals surface area contributed by atoms with Gasteiger partial charge in [-0.1, -0.05) is 12.1 Å². The summed E-state index contributed by atoms with van der Waals surface area (Å²) < 4.78 is 5.38. The maximum atomic E-state index is 10.7. The molecule has 0 saturated heterocycles. The van der Waals surface area contributed by atoms with Crippen LogP contribution >= 0.6 is 0 Å². The van der Waals surface area contributed by atoms with E-state index in [0.717, 1.165) is 6.29 Å². The maximum Gasteiger partial charge on any atom is 0.294 e. The van der Waals surface area contributed by atoms with Crippen LogP contribution in [0.25, 0.3) is 0 Å². The van der Waals surface area contributed by atoms with E-state index in [2.05, 4.69) is 4.84 Å². The molecule has 92 valence electrons. The Balaban J connectivity index is 2.22. The Bertz CT molecular complexity index is 380. The lowest BCUT2D eigenvalue weighted by molar-refractivity contribution is -0.757. The van der Waals surface area contributed by atoms with Crippen LogP contribution in [0.15, 0.2) is 24.3 Å². The van der Waals surface area contributed by atoms with Gasteiger partial charge in [0.25, 0.3) is 5.09 Å². The summed E-state index contributed by atoms with van der Waals surface area (Å²) in [6.07, 6.45) is 1.89. The van der Waals surface area contributed by atoms with E-state index in [9.17, 15) is 14.9 Å². The maximum absolute atomic E-state index is 10.7. The van der Waals surface area contributed by atoms with Gasteiger partial charge in [-0.3, -0.25) is 4.79 Å². The van der Waals surface area contributed by atoms with Gasteiger partial charge in [0.15, 0.2) is 6.29 Å². The molecule has 1 rings (SSSR count). The van der Waals surface area contributed by atoms with Crippen molar-refractivity contribution >= 4 is 6.29 Å². The van der Waals surface area contributed by atoms with Crippen molar-refractivity contribution in [3.63, 3.8) is 0 Å². The van der Waals surface area contributed by atoms with Crippen LogP contribution < -0.4 is 4.74 Å². The largest absolute Gasteiger partial charge is 0.493 e. The Labute approximate surface area is 98.3 Å². The van der Waals surface area contributed by atoms with E-state index in [1.807, 2.05) is 0 Å². The molecule has 6 heteroatoms. The number of benzene rings is 1. The van der Waals surface area contributed by atoms with Gasteiger partial charge in [0.1, 0.15) is 5.75 Å². The number of hydrogen-bond acceptors (Lipinski definition) is 5. The monoisotopic (exact) mass is 239 g/mol. The van der Waals surface area contributed by atoms with Crippen LogP contribution in [0.1, 0.15) is 23.2 Å². The number of carbonyl (C=O) groups is 1. The third kappa shape index (κ3) is 4.96. The summed E-state index contributed by atoms with van der Waals surface area (Å²) in [4.78, 5) is 24.7. The van der Waals surface area contributed by atoms with Gasteiger partial charge in [0, 0.05) is 0 Å². The minimum absolute atomic E-state index is 0.0612. The van der Waals surface area contributed by atoms with E-state index in [1.54, 1.807) is 24.3 Å². The number of hydrogen-bond donors (Lipinski definition) is 0. The van der Waals surface area contributed by atoms with Gasteiger partial charge in [-0.2, -0.15) is 0 Å². The highest BCUT2D eigenvalue weighted by atomic mass is 16.9. The van der Waals surface area contributed by atoms with Crippen molar-refractivity contribution in [1.29, 1.82) is 0 Å². The SMILES string of the molecule is O=Cc1ccccc1OCCCCO[N+](=O)[O-]. The average molecular weight is 239 g/mol. The van der Waals surface area contributed by atoms with Crippen molar-refractivity contribution in [1.82, 2.24) is 0 Å². The highest BCUT2D eigenvalue weighted by Gasteiger charge is 2.01. The van der Waals surface area contributed by atoms with Gasteiger partial charge in [-0.25, -0.2) is 0 Å². The highest BCUT2D eigenvalue weighted by Crippen LogP contribution is 2.15. The summed E-state index contributed by atoms with van der Waals surface area (Å²) in [5, 5.41) is 9.03. The quantitative estimate of drug-likeness (QED) is 0.299. The topological polar surface area (TPSA) is 78.7 Å². The first kappa shape index (κ1) is 13.0. The zero-order valence-corrected chi connectivity index (χ0v) is 9.20. The lowest BCUT2D eigenvalue weighted by Gasteiger charge is -2.07. The van der Waals surface area contributed by atoms with Crippen molar-refractivity contribution in [2.24, 2.45) is 0 Å². The van der Waals surface area contributed by atoms with Gasteiger partial charge >= 0.3 is 0 Å². The van der Waals surface area contributed by atoms with E-state index in [1.165, 1.54) is 0 Å². The molecule has 0 saturated carbocycles. The lowest BCUT2D eigenvalue weighted by atomic mass is 10.2. The van der Waals surface area contributed by atoms with Crippen molar-refractivity contribution in [3.05, 3.63) is 39.9 Å². The highest BCUT2D eigenvalue weighted by molar-refractivity contribution is 5.79. The molecule has 0 radical (unpaired) electrons. The Hall–Kier alpha value is -2.11. The molecule has 0 aromatic heterocycles. The van der Waals surface area contributed by atoms with Gasteiger partial charge in [-0.05, 0) is 25.0 Å². The second-order valence-electron chi connectivity index (χ2n) is 3.27. The molecule has 0 unspecified atom stereocenters. The summed E-state index contributed by atoms with van der Waals surface area (Å²) in [5.41, 5.74) is 0.494. The van der Waals surface area contributed by atoms with Crippen LogP contribution in [-0.2, 0) is 4.84 Å². The molecule has 0 aliphatic rings. The molecular formula is C11H13NO5. The number of aldehydes is 1. The summed E-state index contributed by atoms with van der Waals surface area (Å²) in [6, 6.07) is 6.90. The summed E-state index contributed by atoms with van der Waals surface area (Å²) in [7, 11) is 0. The van der Waals surface area contributed by atoms with Crippen LogP contribution in [0.5, 0.6) is 5.75 Å². The predicted octanol–water partition coefficient (Wildman–Crippen LogP) is 1.87.